The summed E-state index contributed by atoms with van der Waals surface area (Å²) >= 11 is 0. The quantitative estimate of drug-likeness (QED) is 0.267. The number of carboxylic acid groups (broad SMARTS) is 1. The first-order valence-corrected chi connectivity index (χ1v) is 11.2. The van der Waals surface area contributed by atoms with E-state index < -0.39 is 5.97 Å². The van der Waals surface area contributed by atoms with Crippen molar-refractivity contribution in [3.8, 4) is 11.5 Å². The Morgan fingerprint density at radius 1 is 0.821 bits per heavy atom. The molecule has 0 aromatic heterocycles. The molecular weight excluding hydrogens is 352 g/mol. The van der Waals surface area contributed by atoms with Crippen LogP contribution in [0.5, 0.6) is 11.5 Å². The average molecular weight is 393 g/mol. The van der Waals surface area contributed by atoms with Crippen molar-refractivity contribution in [3.63, 3.8) is 0 Å². The maximum Gasteiger partial charge on any atom is 0.339 e. The maximum atomic E-state index is 11.3. The molecule has 4 heteroatoms. The monoisotopic (exact) mass is 392 g/mol. The smallest absolute Gasteiger partial charge is 0.339 e. The van der Waals surface area contributed by atoms with Crippen LogP contribution in [0.4, 0.5) is 0 Å². The van der Waals surface area contributed by atoms with Crippen molar-refractivity contribution >= 4 is 5.97 Å². The van der Waals surface area contributed by atoms with Gasteiger partial charge in [0, 0.05) is 6.07 Å². The van der Waals surface area contributed by atoms with Crippen molar-refractivity contribution in [2.75, 3.05) is 13.7 Å². The van der Waals surface area contributed by atoms with Crippen LogP contribution in [0.25, 0.3) is 0 Å². The molecule has 0 radical (unpaired) electrons. The highest BCUT2D eigenvalue weighted by molar-refractivity contribution is 5.91. The number of unbranched alkanes of at least 4 members (excludes halogenated alkanes) is 13. The van der Waals surface area contributed by atoms with Gasteiger partial charge in [0.15, 0.2) is 0 Å². The lowest BCUT2D eigenvalue weighted by Gasteiger charge is -2.10. The SMILES string of the molecule is CCCCCCCCCCCCCCCCOc1cc(OC)ccc1C(=O)O. The number of hydrogen-bond acceptors (Lipinski definition) is 3. The lowest BCUT2D eigenvalue weighted by Crippen LogP contribution is -2.05. The molecule has 1 aromatic rings. The van der Waals surface area contributed by atoms with Crippen molar-refractivity contribution < 1.29 is 19.4 Å². The summed E-state index contributed by atoms with van der Waals surface area (Å²) in [7, 11) is 1.56. The first-order chi connectivity index (χ1) is 13.7. The Balaban J connectivity index is 1.99. The number of aromatic carboxylic acids is 1. The summed E-state index contributed by atoms with van der Waals surface area (Å²) in [6.07, 6.45) is 18.4. The highest BCUT2D eigenvalue weighted by Gasteiger charge is 2.12. The third-order valence-corrected chi connectivity index (χ3v) is 5.17. The fourth-order valence-corrected chi connectivity index (χ4v) is 3.40. The van der Waals surface area contributed by atoms with Crippen molar-refractivity contribution in [1.82, 2.24) is 0 Å². The van der Waals surface area contributed by atoms with E-state index in [1.54, 1.807) is 19.2 Å². The van der Waals surface area contributed by atoms with Crippen LogP contribution in [0.15, 0.2) is 18.2 Å². The van der Waals surface area contributed by atoms with Gasteiger partial charge in [-0.25, -0.2) is 4.79 Å². The zero-order chi connectivity index (χ0) is 20.5. The van der Waals surface area contributed by atoms with Gasteiger partial charge in [0.2, 0.25) is 0 Å². The maximum absolute atomic E-state index is 11.3. The minimum atomic E-state index is -0.974. The first kappa shape index (κ1) is 24.3. The Labute approximate surface area is 171 Å². The Hall–Kier alpha value is -1.71. The van der Waals surface area contributed by atoms with Gasteiger partial charge in [0.05, 0.1) is 13.7 Å². The second kappa shape index (κ2) is 16.3. The van der Waals surface area contributed by atoms with Gasteiger partial charge in [-0.1, -0.05) is 90.4 Å². The summed E-state index contributed by atoms with van der Waals surface area (Å²) in [6.45, 7) is 2.81. The van der Waals surface area contributed by atoms with Crippen LogP contribution in [0.3, 0.4) is 0 Å². The van der Waals surface area contributed by atoms with Gasteiger partial charge in [-0.3, -0.25) is 0 Å². The average Bonchev–Trinajstić information content (AvgIpc) is 2.70. The number of methoxy groups -OCH3 is 1. The molecule has 0 spiro atoms. The van der Waals surface area contributed by atoms with E-state index in [9.17, 15) is 9.90 Å². The number of ether oxygens (including phenoxy) is 2. The topological polar surface area (TPSA) is 55.8 Å². The Kier molecular flexibility index (Phi) is 14.1. The van der Waals surface area contributed by atoms with Gasteiger partial charge in [0.1, 0.15) is 17.1 Å². The predicted molar refractivity (Wildman–Crippen MR) is 116 cm³/mol. The molecular formula is C24H40O4. The third kappa shape index (κ3) is 11.2. The van der Waals surface area contributed by atoms with E-state index in [-0.39, 0.29) is 5.56 Å². The molecule has 0 fully saturated rings. The van der Waals surface area contributed by atoms with Crippen LogP contribution >= 0.6 is 0 Å². The highest BCUT2D eigenvalue weighted by atomic mass is 16.5. The Morgan fingerprint density at radius 3 is 1.79 bits per heavy atom. The number of rotatable bonds is 18. The minimum Gasteiger partial charge on any atom is -0.497 e. The van der Waals surface area contributed by atoms with E-state index in [1.807, 2.05) is 0 Å². The van der Waals surface area contributed by atoms with E-state index in [4.69, 9.17) is 9.47 Å². The summed E-state index contributed by atoms with van der Waals surface area (Å²) in [6, 6.07) is 4.82. The summed E-state index contributed by atoms with van der Waals surface area (Å²) in [5.41, 5.74) is 0.186. The van der Waals surface area contributed by atoms with Crippen molar-refractivity contribution in [3.05, 3.63) is 23.8 Å². The molecule has 0 unspecified atom stereocenters. The number of carbonyl (C=O) groups is 1. The van der Waals surface area contributed by atoms with Crippen molar-refractivity contribution in [2.45, 2.75) is 96.8 Å². The molecule has 0 aliphatic rings. The summed E-state index contributed by atoms with van der Waals surface area (Å²) < 4.78 is 10.8. The van der Waals surface area contributed by atoms with Gasteiger partial charge >= 0.3 is 5.97 Å². The Bertz CT molecular complexity index is 527. The molecule has 0 heterocycles. The van der Waals surface area contributed by atoms with E-state index in [0.29, 0.717) is 18.1 Å². The fraction of sp³-hybridized carbons (Fsp3) is 0.708. The molecule has 1 N–H and O–H groups in total. The number of carboxylic acids is 1. The lowest BCUT2D eigenvalue weighted by molar-refractivity contribution is 0.0692. The number of hydrogen-bond donors (Lipinski definition) is 1. The van der Waals surface area contributed by atoms with Gasteiger partial charge in [-0.05, 0) is 18.6 Å². The molecule has 28 heavy (non-hydrogen) atoms. The van der Waals surface area contributed by atoms with E-state index >= 15 is 0 Å². The van der Waals surface area contributed by atoms with Crippen LogP contribution < -0.4 is 9.47 Å². The van der Waals surface area contributed by atoms with E-state index in [2.05, 4.69) is 6.92 Å². The van der Waals surface area contributed by atoms with Crippen LogP contribution in [0.2, 0.25) is 0 Å². The van der Waals surface area contributed by atoms with E-state index in [1.165, 1.54) is 83.1 Å². The zero-order valence-electron chi connectivity index (χ0n) is 18.0. The normalized spacial score (nSPS) is 10.8. The molecule has 160 valence electrons. The zero-order valence-corrected chi connectivity index (χ0v) is 18.0. The molecule has 4 nitrogen and oxygen atoms in total. The second-order valence-electron chi connectivity index (χ2n) is 7.61. The molecule has 1 rings (SSSR count). The molecule has 0 amide bonds. The predicted octanol–water partition coefficient (Wildman–Crippen LogP) is 7.25. The lowest BCUT2D eigenvalue weighted by atomic mass is 10.0. The third-order valence-electron chi connectivity index (χ3n) is 5.17. The number of benzene rings is 1. The van der Waals surface area contributed by atoms with Gasteiger partial charge in [0.25, 0.3) is 0 Å². The molecule has 0 aliphatic heterocycles. The summed E-state index contributed by atoms with van der Waals surface area (Å²) in [4.78, 5) is 11.3. The van der Waals surface area contributed by atoms with Crippen LogP contribution in [-0.4, -0.2) is 24.8 Å². The van der Waals surface area contributed by atoms with Crippen molar-refractivity contribution in [2.24, 2.45) is 0 Å². The van der Waals surface area contributed by atoms with Crippen LogP contribution in [0, 0.1) is 0 Å². The highest BCUT2D eigenvalue weighted by Crippen LogP contribution is 2.25. The molecule has 0 saturated carbocycles. The molecule has 0 atom stereocenters. The largest absolute Gasteiger partial charge is 0.497 e. The molecule has 0 bridgehead atoms. The molecule has 0 saturated heterocycles. The summed E-state index contributed by atoms with van der Waals surface area (Å²) in [5, 5.41) is 9.23. The van der Waals surface area contributed by atoms with E-state index in [0.717, 1.165) is 12.8 Å². The molecule has 1 aromatic carbocycles. The minimum absolute atomic E-state index is 0.186. The van der Waals surface area contributed by atoms with Gasteiger partial charge < -0.3 is 14.6 Å². The van der Waals surface area contributed by atoms with Crippen molar-refractivity contribution in [1.29, 1.82) is 0 Å². The molecule has 0 aliphatic carbocycles. The van der Waals surface area contributed by atoms with Gasteiger partial charge in [-0.15, -0.1) is 0 Å². The Morgan fingerprint density at radius 2 is 1.32 bits per heavy atom. The standard InChI is InChI=1S/C24H40O4/c1-3-4-5-6-7-8-9-10-11-12-13-14-15-16-19-28-23-20-21(27-2)17-18-22(23)24(25)26/h17-18,20H,3-16,19H2,1-2H3,(H,25,26). The second-order valence-corrected chi connectivity index (χ2v) is 7.61. The fourth-order valence-electron chi connectivity index (χ4n) is 3.40. The van der Waals surface area contributed by atoms with Crippen LogP contribution in [0.1, 0.15) is 107 Å². The summed E-state index contributed by atoms with van der Waals surface area (Å²) in [5.74, 6) is 0.0288. The first-order valence-electron chi connectivity index (χ1n) is 11.2. The van der Waals surface area contributed by atoms with Crippen LogP contribution in [-0.2, 0) is 0 Å². The van der Waals surface area contributed by atoms with Gasteiger partial charge in [-0.2, -0.15) is 0 Å².